The zero-order valence-corrected chi connectivity index (χ0v) is 10.3. The molecule has 7 nitrogen and oxygen atoms in total. The molecule has 2 aromatic rings. The van der Waals surface area contributed by atoms with Gasteiger partial charge in [0.25, 0.3) is 0 Å². The number of nitro groups is 1. The van der Waals surface area contributed by atoms with E-state index in [0.717, 1.165) is 5.56 Å². The standard InChI is InChI=1S/C12H12N4O3/c1-15-11(7-13-12(15)16(17)18)8-14-19-9-10-5-3-2-4-6-10/h2-8H,9H2,1H3. The first kappa shape index (κ1) is 12.7. The van der Waals surface area contributed by atoms with E-state index in [4.69, 9.17) is 4.84 Å². The Bertz CT molecular complexity index is 592. The van der Waals surface area contributed by atoms with Crippen molar-refractivity contribution in [3.63, 3.8) is 0 Å². The van der Waals surface area contributed by atoms with Gasteiger partial charge in [0.2, 0.25) is 0 Å². The van der Waals surface area contributed by atoms with Crippen molar-refractivity contribution in [3.05, 3.63) is 57.9 Å². The summed E-state index contributed by atoms with van der Waals surface area (Å²) in [7, 11) is 1.55. The molecule has 0 aliphatic rings. The molecule has 0 N–H and O–H groups in total. The van der Waals surface area contributed by atoms with Crippen molar-refractivity contribution in [1.29, 1.82) is 0 Å². The van der Waals surface area contributed by atoms with Crippen LogP contribution < -0.4 is 0 Å². The monoisotopic (exact) mass is 260 g/mol. The second-order valence-corrected chi connectivity index (χ2v) is 3.79. The second-order valence-electron chi connectivity index (χ2n) is 3.79. The lowest BCUT2D eigenvalue weighted by Crippen LogP contribution is -2.01. The Balaban J connectivity index is 1.94. The number of imidazole rings is 1. The van der Waals surface area contributed by atoms with Crippen LogP contribution in [0.5, 0.6) is 0 Å². The van der Waals surface area contributed by atoms with Crippen LogP contribution in [0.2, 0.25) is 0 Å². The van der Waals surface area contributed by atoms with Crippen LogP contribution in [0.15, 0.2) is 41.7 Å². The number of oxime groups is 1. The number of hydrogen-bond acceptors (Lipinski definition) is 5. The SMILES string of the molecule is Cn1c(C=NOCc2ccccc2)cnc1[N+](=O)[O-]. The minimum atomic E-state index is -0.553. The molecule has 0 aliphatic carbocycles. The van der Waals surface area contributed by atoms with Crippen LogP contribution in [-0.4, -0.2) is 20.7 Å². The first-order valence-corrected chi connectivity index (χ1v) is 5.54. The van der Waals surface area contributed by atoms with Gasteiger partial charge in [-0.2, -0.15) is 0 Å². The lowest BCUT2D eigenvalue weighted by molar-refractivity contribution is -0.396. The van der Waals surface area contributed by atoms with E-state index in [1.54, 1.807) is 7.05 Å². The molecule has 1 aromatic carbocycles. The fraction of sp³-hybridized carbons (Fsp3) is 0.167. The van der Waals surface area contributed by atoms with Gasteiger partial charge in [-0.3, -0.25) is 0 Å². The molecule has 0 amide bonds. The first-order chi connectivity index (χ1) is 9.18. The molecule has 0 fully saturated rings. The highest BCUT2D eigenvalue weighted by Gasteiger charge is 2.15. The fourth-order valence-electron chi connectivity index (χ4n) is 1.48. The van der Waals surface area contributed by atoms with E-state index in [1.165, 1.54) is 17.0 Å². The summed E-state index contributed by atoms with van der Waals surface area (Å²) in [5.41, 5.74) is 1.50. The zero-order valence-electron chi connectivity index (χ0n) is 10.3. The lowest BCUT2D eigenvalue weighted by atomic mass is 10.2. The van der Waals surface area contributed by atoms with Crippen LogP contribution in [0.1, 0.15) is 11.3 Å². The van der Waals surface area contributed by atoms with E-state index in [2.05, 4.69) is 10.1 Å². The second kappa shape index (κ2) is 5.76. The first-order valence-electron chi connectivity index (χ1n) is 5.54. The molecule has 0 aliphatic heterocycles. The summed E-state index contributed by atoms with van der Waals surface area (Å²) in [6, 6.07) is 9.58. The summed E-state index contributed by atoms with van der Waals surface area (Å²) in [4.78, 5) is 18.8. The molecular weight excluding hydrogens is 248 g/mol. The zero-order chi connectivity index (χ0) is 13.7. The number of rotatable bonds is 5. The molecule has 2 rings (SSSR count). The van der Waals surface area contributed by atoms with E-state index in [1.807, 2.05) is 30.3 Å². The van der Waals surface area contributed by atoms with E-state index < -0.39 is 4.92 Å². The van der Waals surface area contributed by atoms with Crippen LogP contribution in [0.4, 0.5) is 5.95 Å². The highest BCUT2D eigenvalue weighted by molar-refractivity contribution is 5.77. The van der Waals surface area contributed by atoms with Crippen molar-refractivity contribution in [2.45, 2.75) is 6.61 Å². The number of benzene rings is 1. The Labute approximate surface area is 109 Å². The fourth-order valence-corrected chi connectivity index (χ4v) is 1.48. The van der Waals surface area contributed by atoms with Crippen LogP contribution in [0.25, 0.3) is 0 Å². The average Bonchev–Trinajstić information content (AvgIpc) is 2.77. The molecule has 0 atom stereocenters. The average molecular weight is 260 g/mol. The minimum absolute atomic E-state index is 0.232. The van der Waals surface area contributed by atoms with E-state index in [0.29, 0.717) is 12.3 Å². The van der Waals surface area contributed by atoms with E-state index >= 15 is 0 Å². The Kier molecular flexibility index (Phi) is 3.87. The summed E-state index contributed by atoms with van der Waals surface area (Å²) in [6.07, 6.45) is 2.76. The largest absolute Gasteiger partial charge is 0.434 e. The molecule has 0 spiro atoms. The van der Waals surface area contributed by atoms with Gasteiger partial charge in [-0.15, -0.1) is 0 Å². The van der Waals surface area contributed by atoms with Gasteiger partial charge in [-0.05, 0) is 10.5 Å². The van der Waals surface area contributed by atoms with Crippen molar-refractivity contribution in [1.82, 2.24) is 9.55 Å². The highest BCUT2D eigenvalue weighted by Crippen LogP contribution is 2.08. The smallest absolute Gasteiger partial charge is 0.391 e. The maximum absolute atomic E-state index is 10.6. The van der Waals surface area contributed by atoms with Gasteiger partial charge in [0.1, 0.15) is 19.0 Å². The third-order valence-electron chi connectivity index (χ3n) is 2.50. The van der Waals surface area contributed by atoms with E-state index in [-0.39, 0.29) is 5.95 Å². The van der Waals surface area contributed by atoms with Gasteiger partial charge in [0, 0.05) is 0 Å². The van der Waals surface area contributed by atoms with Crippen LogP contribution >= 0.6 is 0 Å². The predicted octanol–water partition coefficient (Wildman–Crippen LogP) is 1.88. The molecule has 0 radical (unpaired) electrons. The molecule has 1 aromatic heterocycles. The molecule has 0 saturated heterocycles. The third-order valence-corrected chi connectivity index (χ3v) is 2.50. The number of aromatic nitrogens is 2. The van der Waals surface area contributed by atoms with Crippen LogP contribution in [-0.2, 0) is 18.5 Å². The topological polar surface area (TPSA) is 82.5 Å². The number of hydrogen-bond donors (Lipinski definition) is 0. The lowest BCUT2D eigenvalue weighted by Gasteiger charge is -1.98. The van der Waals surface area contributed by atoms with Crippen LogP contribution in [0.3, 0.4) is 0 Å². The summed E-state index contributed by atoms with van der Waals surface area (Å²) < 4.78 is 1.33. The van der Waals surface area contributed by atoms with Gasteiger partial charge in [0.05, 0.1) is 7.05 Å². The van der Waals surface area contributed by atoms with Crippen molar-refractivity contribution >= 4 is 12.2 Å². The van der Waals surface area contributed by atoms with Gasteiger partial charge in [-0.1, -0.05) is 40.5 Å². The predicted molar refractivity (Wildman–Crippen MR) is 68.7 cm³/mol. The summed E-state index contributed by atoms with van der Waals surface area (Å²) >= 11 is 0. The minimum Gasteiger partial charge on any atom is -0.391 e. The summed E-state index contributed by atoms with van der Waals surface area (Å²) in [5.74, 6) is -0.232. The summed E-state index contributed by atoms with van der Waals surface area (Å²) in [6.45, 7) is 0.345. The Morgan fingerprint density at radius 3 is 2.84 bits per heavy atom. The van der Waals surface area contributed by atoms with Gasteiger partial charge in [0.15, 0.2) is 5.69 Å². The molecule has 7 heteroatoms. The van der Waals surface area contributed by atoms with Crippen molar-refractivity contribution in [2.24, 2.45) is 12.2 Å². The maximum atomic E-state index is 10.6. The van der Waals surface area contributed by atoms with Crippen LogP contribution in [0, 0.1) is 10.1 Å². The molecule has 98 valence electrons. The molecule has 0 saturated carbocycles. The molecule has 0 bridgehead atoms. The van der Waals surface area contributed by atoms with Crippen molar-refractivity contribution in [2.75, 3.05) is 0 Å². The van der Waals surface area contributed by atoms with Gasteiger partial charge in [-0.25, -0.2) is 4.57 Å². The maximum Gasteiger partial charge on any atom is 0.434 e. The quantitative estimate of drug-likeness (QED) is 0.467. The van der Waals surface area contributed by atoms with Gasteiger partial charge < -0.3 is 15.0 Å². The number of nitrogens with zero attached hydrogens (tertiary/aromatic N) is 4. The normalized spacial score (nSPS) is 10.8. The van der Waals surface area contributed by atoms with Crippen molar-refractivity contribution in [3.8, 4) is 0 Å². The Morgan fingerprint density at radius 1 is 1.47 bits per heavy atom. The molecular formula is C12H12N4O3. The Morgan fingerprint density at radius 2 is 2.21 bits per heavy atom. The molecule has 1 heterocycles. The molecule has 19 heavy (non-hydrogen) atoms. The summed E-state index contributed by atoms with van der Waals surface area (Å²) in [5, 5.41) is 14.4. The van der Waals surface area contributed by atoms with Crippen molar-refractivity contribution < 1.29 is 9.76 Å². The van der Waals surface area contributed by atoms with Gasteiger partial charge >= 0.3 is 5.95 Å². The Hall–Kier alpha value is -2.70. The highest BCUT2D eigenvalue weighted by atomic mass is 16.6. The van der Waals surface area contributed by atoms with E-state index in [9.17, 15) is 10.1 Å². The molecule has 0 unspecified atom stereocenters. The third kappa shape index (κ3) is 3.15.